The van der Waals surface area contributed by atoms with E-state index in [0.717, 1.165) is 35.6 Å². The Kier molecular flexibility index (Phi) is 5.24. The summed E-state index contributed by atoms with van der Waals surface area (Å²) in [6.45, 7) is 2.67. The molecule has 3 rings (SSSR count). The average Bonchev–Trinajstić information content (AvgIpc) is 2.59. The highest BCUT2D eigenvalue weighted by atomic mass is 35.5. The van der Waals surface area contributed by atoms with E-state index in [9.17, 15) is 0 Å². The summed E-state index contributed by atoms with van der Waals surface area (Å²) in [5.74, 6) is 0.901. The molecule has 1 aliphatic heterocycles. The molecular formula is C20H21ClO2. The predicted octanol–water partition coefficient (Wildman–Crippen LogP) is 5.69. The van der Waals surface area contributed by atoms with Crippen LogP contribution in [0.3, 0.4) is 0 Å². The van der Waals surface area contributed by atoms with Gasteiger partial charge in [-0.25, -0.2) is 0 Å². The number of hydrogen-bond acceptors (Lipinski definition) is 2. The Hall–Kier alpha value is -1.93. The highest BCUT2D eigenvalue weighted by Gasteiger charge is 2.15. The number of ether oxygens (including phenoxy) is 2. The fraction of sp³-hybridized carbons (Fsp3) is 0.300. The van der Waals surface area contributed by atoms with Crippen LogP contribution in [0.1, 0.15) is 42.6 Å². The number of allylic oxidation sites excluding steroid dienone is 1. The van der Waals surface area contributed by atoms with Gasteiger partial charge in [-0.2, -0.15) is 0 Å². The van der Waals surface area contributed by atoms with Gasteiger partial charge in [0, 0.05) is 5.02 Å². The zero-order valence-electron chi connectivity index (χ0n) is 13.3. The van der Waals surface area contributed by atoms with E-state index in [0.29, 0.717) is 6.61 Å². The van der Waals surface area contributed by atoms with Gasteiger partial charge in [-0.15, -0.1) is 0 Å². The first-order chi connectivity index (χ1) is 11.3. The molecule has 0 amide bonds. The molecule has 2 nitrogen and oxygen atoms in total. The summed E-state index contributed by atoms with van der Waals surface area (Å²) in [4.78, 5) is 0. The molecule has 0 bridgehead atoms. The molecule has 0 radical (unpaired) electrons. The second-order valence-corrected chi connectivity index (χ2v) is 6.09. The summed E-state index contributed by atoms with van der Waals surface area (Å²) in [6, 6.07) is 14.4. The van der Waals surface area contributed by atoms with Crippen molar-refractivity contribution >= 4 is 11.6 Å². The molecule has 0 aliphatic carbocycles. The fourth-order valence-electron chi connectivity index (χ4n) is 2.80. The van der Waals surface area contributed by atoms with Gasteiger partial charge < -0.3 is 9.47 Å². The molecule has 2 aromatic rings. The van der Waals surface area contributed by atoms with Gasteiger partial charge >= 0.3 is 0 Å². The van der Waals surface area contributed by atoms with Crippen molar-refractivity contribution in [2.75, 3.05) is 6.61 Å². The van der Waals surface area contributed by atoms with E-state index in [1.165, 1.54) is 11.1 Å². The minimum absolute atomic E-state index is 0.136. The van der Waals surface area contributed by atoms with Crippen molar-refractivity contribution in [3.05, 3.63) is 76.5 Å². The summed E-state index contributed by atoms with van der Waals surface area (Å²) in [6.07, 6.45) is 6.88. The third-order valence-corrected chi connectivity index (χ3v) is 4.37. The topological polar surface area (TPSA) is 18.5 Å². The van der Waals surface area contributed by atoms with Crippen molar-refractivity contribution in [1.82, 2.24) is 0 Å². The van der Waals surface area contributed by atoms with Gasteiger partial charge in [0.05, 0.1) is 12.9 Å². The lowest BCUT2D eigenvalue weighted by Gasteiger charge is -2.20. The molecule has 0 aromatic heterocycles. The van der Waals surface area contributed by atoms with Crippen molar-refractivity contribution in [3.63, 3.8) is 0 Å². The molecule has 1 aliphatic rings. The van der Waals surface area contributed by atoms with Gasteiger partial charge in [-0.3, -0.25) is 0 Å². The van der Waals surface area contributed by atoms with E-state index in [4.69, 9.17) is 21.1 Å². The van der Waals surface area contributed by atoms with Crippen molar-refractivity contribution in [2.24, 2.45) is 0 Å². The highest BCUT2D eigenvalue weighted by molar-refractivity contribution is 6.31. The Morgan fingerprint density at radius 1 is 1.17 bits per heavy atom. The van der Waals surface area contributed by atoms with Crippen molar-refractivity contribution < 1.29 is 9.47 Å². The van der Waals surface area contributed by atoms with Gasteiger partial charge in [0.15, 0.2) is 0 Å². The van der Waals surface area contributed by atoms with Crippen LogP contribution in [0.25, 0.3) is 0 Å². The van der Waals surface area contributed by atoms with Crippen LogP contribution in [0.15, 0.2) is 54.8 Å². The number of hydrogen-bond donors (Lipinski definition) is 0. The SMILES string of the molecule is CCOc1ccc(Cc2cc(C3CCC=CO3)ccc2Cl)cc1. The lowest BCUT2D eigenvalue weighted by Crippen LogP contribution is -2.04. The molecular weight excluding hydrogens is 308 g/mol. The van der Waals surface area contributed by atoms with E-state index >= 15 is 0 Å². The Bertz CT molecular complexity index is 677. The van der Waals surface area contributed by atoms with Crippen LogP contribution in [0.4, 0.5) is 0 Å². The molecule has 1 heterocycles. The highest BCUT2D eigenvalue weighted by Crippen LogP contribution is 2.30. The summed E-state index contributed by atoms with van der Waals surface area (Å²) < 4.78 is 11.2. The van der Waals surface area contributed by atoms with Crippen molar-refractivity contribution in [3.8, 4) is 5.75 Å². The Morgan fingerprint density at radius 3 is 2.70 bits per heavy atom. The minimum Gasteiger partial charge on any atom is -0.494 e. The van der Waals surface area contributed by atoms with Gasteiger partial charge in [0.25, 0.3) is 0 Å². The van der Waals surface area contributed by atoms with Gasteiger partial charge in [-0.05, 0) is 67.2 Å². The van der Waals surface area contributed by atoms with Crippen LogP contribution in [-0.4, -0.2) is 6.61 Å². The van der Waals surface area contributed by atoms with Crippen LogP contribution in [0.5, 0.6) is 5.75 Å². The fourth-order valence-corrected chi connectivity index (χ4v) is 2.98. The van der Waals surface area contributed by atoms with Gasteiger partial charge in [-0.1, -0.05) is 35.9 Å². The van der Waals surface area contributed by atoms with Gasteiger partial charge in [0.2, 0.25) is 0 Å². The quantitative estimate of drug-likeness (QED) is 0.701. The molecule has 120 valence electrons. The maximum atomic E-state index is 6.39. The van der Waals surface area contributed by atoms with Crippen LogP contribution < -0.4 is 4.74 Å². The van der Waals surface area contributed by atoms with Crippen LogP contribution in [-0.2, 0) is 11.2 Å². The van der Waals surface area contributed by atoms with Crippen molar-refractivity contribution in [2.45, 2.75) is 32.3 Å². The second-order valence-electron chi connectivity index (χ2n) is 5.68. The normalized spacial score (nSPS) is 16.9. The first-order valence-corrected chi connectivity index (χ1v) is 8.44. The molecule has 1 atom stereocenters. The van der Waals surface area contributed by atoms with Crippen LogP contribution in [0, 0.1) is 0 Å². The molecule has 2 aromatic carbocycles. The summed E-state index contributed by atoms with van der Waals surface area (Å²) >= 11 is 6.39. The second kappa shape index (κ2) is 7.56. The molecule has 3 heteroatoms. The third kappa shape index (κ3) is 4.08. The van der Waals surface area contributed by atoms with E-state index < -0.39 is 0 Å². The largest absolute Gasteiger partial charge is 0.494 e. The lowest BCUT2D eigenvalue weighted by molar-refractivity contribution is 0.125. The molecule has 0 N–H and O–H groups in total. The molecule has 0 spiro atoms. The molecule has 0 saturated heterocycles. The van der Waals surface area contributed by atoms with E-state index in [-0.39, 0.29) is 6.10 Å². The molecule has 0 saturated carbocycles. The first-order valence-electron chi connectivity index (χ1n) is 8.07. The van der Waals surface area contributed by atoms with Gasteiger partial charge in [0.1, 0.15) is 11.9 Å². The van der Waals surface area contributed by atoms with E-state index in [1.807, 2.05) is 25.1 Å². The van der Waals surface area contributed by atoms with Crippen molar-refractivity contribution in [1.29, 1.82) is 0 Å². The Balaban J connectivity index is 1.77. The zero-order valence-corrected chi connectivity index (χ0v) is 14.1. The summed E-state index contributed by atoms with van der Waals surface area (Å²) in [5, 5.41) is 0.800. The zero-order chi connectivity index (χ0) is 16.1. The number of benzene rings is 2. The van der Waals surface area contributed by atoms with Crippen LogP contribution in [0.2, 0.25) is 5.02 Å². The first kappa shape index (κ1) is 15.9. The summed E-state index contributed by atoms with van der Waals surface area (Å²) in [5.41, 5.74) is 3.54. The lowest BCUT2D eigenvalue weighted by atomic mass is 9.98. The maximum absolute atomic E-state index is 6.39. The average molecular weight is 329 g/mol. The smallest absolute Gasteiger partial charge is 0.123 e. The third-order valence-electron chi connectivity index (χ3n) is 4.01. The van der Waals surface area contributed by atoms with E-state index in [2.05, 4.69) is 30.3 Å². The monoisotopic (exact) mass is 328 g/mol. The number of rotatable bonds is 5. The Morgan fingerprint density at radius 2 is 2.00 bits per heavy atom. The van der Waals surface area contributed by atoms with Crippen LogP contribution >= 0.6 is 11.6 Å². The molecule has 23 heavy (non-hydrogen) atoms. The molecule has 1 unspecified atom stereocenters. The predicted molar refractivity (Wildman–Crippen MR) is 94.1 cm³/mol. The summed E-state index contributed by atoms with van der Waals surface area (Å²) in [7, 11) is 0. The maximum Gasteiger partial charge on any atom is 0.123 e. The Labute approximate surface area is 142 Å². The number of halogens is 1. The van der Waals surface area contributed by atoms with E-state index in [1.54, 1.807) is 6.26 Å². The molecule has 0 fully saturated rings. The standard InChI is InChI=1S/C20H21ClO2/c1-2-22-18-9-6-15(7-10-18)13-17-14-16(8-11-19(17)21)20-5-3-4-12-23-20/h4,6-12,14,20H,2-3,5,13H2,1H3. The minimum atomic E-state index is 0.136.